The van der Waals surface area contributed by atoms with Crippen LogP contribution >= 0.6 is 0 Å². The molecule has 32 heavy (non-hydrogen) atoms. The molecule has 2 aromatic rings. The van der Waals surface area contributed by atoms with E-state index in [1.54, 1.807) is 13.0 Å². The third-order valence-corrected chi connectivity index (χ3v) is 5.63. The summed E-state index contributed by atoms with van der Waals surface area (Å²) in [4.78, 5) is 35.2. The Labute approximate surface area is 185 Å². The molecule has 0 aliphatic carbocycles. The first-order valence-corrected chi connectivity index (χ1v) is 10.5. The summed E-state index contributed by atoms with van der Waals surface area (Å²) >= 11 is 0. The fourth-order valence-electron chi connectivity index (χ4n) is 4.09. The van der Waals surface area contributed by atoms with E-state index < -0.39 is 17.8 Å². The largest absolute Gasteiger partial charge is 0.450 e. The van der Waals surface area contributed by atoms with Crippen LogP contribution in [-0.4, -0.2) is 29.1 Å². The van der Waals surface area contributed by atoms with E-state index in [1.807, 2.05) is 11.5 Å². The summed E-state index contributed by atoms with van der Waals surface area (Å²) in [6.07, 6.45) is 4.14. The highest BCUT2D eigenvalue weighted by Crippen LogP contribution is 2.35. The van der Waals surface area contributed by atoms with Crippen LogP contribution in [0.1, 0.15) is 58.6 Å². The Bertz CT molecular complexity index is 1100. The zero-order valence-corrected chi connectivity index (χ0v) is 18.2. The molecule has 3 rings (SSSR count). The van der Waals surface area contributed by atoms with Crippen LogP contribution in [-0.2, 0) is 16.1 Å². The van der Waals surface area contributed by atoms with E-state index in [-0.39, 0.29) is 12.5 Å². The second-order valence-corrected chi connectivity index (χ2v) is 7.77. The van der Waals surface area contributed by atoms with E-state index in [4.69, 9.17) is 16.2 Å². The first-order valence-electron chi connectivity index (χ1n) is 10.5. The zero-order valence-electron chi connectivity index (χ0n) is 18.2. The van der Waals surface area contributed by atoms with Gasteiger partial charge in [0.05, 0.1) is 17.7 Å². The lowest BCUT2D eigenvalue weighted by molar-refractivity contribution is -0.110. The highest BCUT2D eigenvalue weighted by atomic mass is 19.1. The minimum Gasteiger partial charge on any atom is -0.450 e. The van der Waals surface area contributed by atoms with Gasteiger partial charge in [-0.15, -0.1) is 0 Å². The number of nitrogens with one attached hydrogen (secondary N) is 1. The van der Waals surface area contributed by atoms with Crippen LogP contribution in [0.25, 0.3) is 11.6 Å². The second-order valence-electron chi connectivity index (χ2n) is 7.77. The van der Waals surface area contributed by atoms with Gasteiger partial charge in [0.25, 0.3) is 11.8 Å². The Morgan fingerprint density at radius 3 is 2.56 bits per heavy atom. The fourth-order valence-corrected chi connectivity index (χ4v) is 4.09. The third-order valence-electron chi connectivity index (χ3n) is 5.63. The second kappa shape index (κ2) is 9.67. The summed E-state index contributed by atoms with van der Waals surface area (Å²) in [5, 5.41) is 2.74. The van der Waals surface area contributed by atoms with Crippen molar-refractivity contribution in [2.24, 2.45) is 11.5 Å². The Morgan fingerprint density at radius 1 is 1.16 bits per heavy atom. The average molecular weight is 442 g/mol. The van der Waals surface area contributed by atoms with Gasteiger partial charge in [-0.05, 0) is 62.9 Å². The van der Waals surface area contributed by atoms with Crippen molar-refractivity contribution in [2.75, 3.05) is 11.9 Å². The number of unbranched alkanes of at least 4 members (excludes halogenated alkanes) is 3. The van der Waals surface area contributed by atoms with Crippen molar-refractivity contribution >= 4 is 35.2 Å². The molecule has 0 fully saturated rings. The number of rotatable bonds is 9. The highest BCUT2D eigenvalue weighted by molar-refractivity contribution is 6.35. The number of carbonyl (C=O) groups is 3. The lowest BCUT2D eigenvalue weighted by Gasteiger charge is -2.11. The fraction of sp³-hybridized carbons (Fsp3) is 0.348. The SMILES string of the molecule is Cc1c(C(N)=O)c(C)n(CCCCCCOC(N)=O)c1/C=C1\C(=O)Nc2ccc(F)cc21. The van der Waals surface area contributed by atoms with Crippen molar-refractivity contribution in [1.29, 1.82) is 0 Å². The van der Waals surface area contributed by atoms with Gasteiger partial charge in [0, 0.05) is 29.2 Å². The molecule has 0 radical (unpaired) electrons. The number of aromatic nitrogens is 1. The van der Waals surface area contributed by atoms with Gasteiger partial charge < -0.3 is 26.1 Å². The maximum absolute atomic E-state index is 13.8. The van der Waals surface area contributed by atoms with Gasteiger partial charge in [0.1, 0.15) is 5.82 Å². The molecule has 0 atom stereocenters. The topological polar surface area (TPSA) is 129 Å². The average Bonchev–Trinajstić information content (AvgIpc) is 3.14. The van der Waals surface area contributed by atoms with Crippen LogP contribution in [0.5, 0.6) is 0 Å². The van der Waals surface area contributed by atoms with Gasteiger partial charge in [-0.25, -0.2) is 9.18 Å². The number of primary amides is 2. The number of nitrogens with zero attached hydrogens (tertiary/aromatic N) is 1. The van der Waals surface area contributed by atoms with Crippen molar-refractivity contribution < 1.29 is 23.5 Å². The first kappa shape index (κ1) is 23.1. The molecular weight excluding hydrogens is 415 g/mol. The van der Waals surface area contributed by atoms with E-state index in [0.29, 0.717) is 46.6 Å². The monoisotopic (exact) mass is 442 g/mol. The van der Waals surface area contributed by atoms with Gasteiger partial charge in [0.2, 0.25) is 0 Å². The molecule has 0 bridgehead atoms. The Morgan fingerprint density at radius 2 is 1.88 bits per heavy atom. The van der Waals surface area contributed by atoms with Crippen molar-refractivity contribution in [3.63, 3.8) is 0 Å². The van der Waals surface area contributed by atoms with Gasteiger partial charge in [-0.2, -0.15) is 0 Å². The van der Waals surface area contributed by atoms with E-state index in [9.17, 15) is 18.8 Å². The van der Waals surface area contributed by atoms with Crippen molar-refractivity contribution in [2.45, 2.75) is 46.1 Å². The summed E-state index contributed by atoms with van der Waals surface area (Å²) in [5.74, 6) is -1.30. The molecule has 9 heteroatoms. The molecule has 5 N–H and O–H groups in total. The maximum Gasteiger partial charge on any atom is 0.404 e. The first-order chi connectivity index (χ1) is 15.2. The molecule has 3 amide bonds. The molecule has 1 aromatic carbocycles. The number of amides is 3. The number of fused-ring (bicyclic) bond motifs is 1. The predicted molar refractivity (Wildman–Crippen MR) is 119 cm³/mol. The van der Waals surface area contributed by atoms with Gasteiger partial charge in [-0.1, -0.05) is 6.42 Å². The molecule has 8 nitrogen and oxygen atoms in total. The van der Waals surface area contributed by atoms with Crippen LogP contribution in [0, 0.1) is 19.7 Å². The molecule has 0 saturated heterocycles. The van der Waals surface area contributed by atoms with Crippen LogP contribution in [0.3, 0.4) is 0 Å². The summed E-state index contributed by atoms with van der Waals surface area (Å²) in [6, 6.07) is 4.13. The lowest BCUT2D eigenvalue weighted by atomic mass is 10.0. The summed E-state index contributed by atoms with van der Waals surface area (Å²) < 4.78 is 20.5. The number of hydrogen-bond acceptors (Lipinski definition) is 4. The lowest BCUT2D eigenvalue weighted by Crippen LogP contribution is -2.14. The highest BCUT2D eigenvalue weighted by Gasteiger charge is 2.27. The standard InChI is InChI=1S/C23H27FN4O4/c1-13-19(12-17-16-11-15(24)7-8-18(16)27-22(17)30)28(14(2)20(13)21(25)29)9-5-3-4-6-10-32-23(26)31/h7-8,11-12H,3-6,9-10H2,1-2H3,(H2,25,29)(H2,26,31)(H,27,30)/b17-12-. The molecule has 1 aromatic heterocycles. The molecular formula is C23H27FN4O4. The molecule has 1 aliphatic heterocycles. The third kappa shape index (κ3) is 4.82. The van der Waals surface area contributed by atoms with E-state index in [1.165, 1.54) is 18.2 Å². The van der Waals surface area contributed by atoms with E-state index in [0.717, 1.165) is 25.0 Å². The van der Waals surface area contributed by atoms with Gasteiger partial charge >= 0.3 is 6.09 Å². The Kier molecular flexibility index (Phi) is 6.97. The van der Waals surface area contributed by atoms with Gasteiger partial charge in [-0.3, -0.25) is 9.59 Å². The zero-order chi connectivity index (χ0) is 23.4. The Hall–Kier alpha value is -3.62. The number of carbonyl (C=O) groups excluding carboxylic acids is 3. The molecule has 0 spiro atoms. The number of anilines is 1. The van der Waals surface area contributed by atoms with Crippen molar-refractivity contribution in [1.82, 2.24) is 4.57 Å². The van der Waals surface area contributed by atoms with Gasteiger partial charge in [0.15, 0.2) is 0 Å². The number of benzene rings is 1. The van der Waals surface area contributed by atoms with Crippen LogP contribution in [0.4, 0.5) is 14.9 Å². The molecule has 1 aliphatic rings. The number of hydrogen-bond donors (Lipinski definition) is 3. The normalized spacial score (nSPS) is 13.8. The van der Waals surface area contributed by atoms with Crippen LogP contribution in [0.2, 0.25) is 0 Å². The molecule has 0 saturated carbocycles. The van der Waals surface area contributed by atoms with Crippen molar-refractivity contribution in [3.8, 4) is 0 Å². The molecule has 0 unspecified atom stereocenters. The summed E-state index contributed by atoms with van der Waals surface area (Å²) in [6.45, 7) is 4.49. The van der Waals surface area contributed by atoms with Crippen molar-refractivity contribution in [3.05, 3.63) is 52.1 Å². The predicted octanol–water partition coefficient (Wildman–Crippen LogP) is 3.49. The number of ether oxygens (including phenoxy) is 1. The van der Waals surface area contributed by atoms with E-state index in [2.05, 4.69) is 5.32 Å². The number of halogens is 1. The smallest absolute Gasteiger partial charge is 0.404 e. The maximum atomic E-state index is 13.8. The molecule has 170 valence electrons. The summed E-state index contributed by atoms with van der Waals surface area (Å²) in [7, 11) is 0. The quantitative estimate of drug-likeness (QED) is 0.405. The minimum absolute atomic E-state index is 0.283. The molecule has 2 heterocycles. The van der Waals surface area contributed by atoms with Crippen LogP contribution in [0.15, 0.2) is 18.2 Å². The van der Waals surface area contributed by atoms with Crippen LogP contribution < -0.4 is 16.8 Å². The minimum atomic E-state index is -0.780. The van der Waals surface area contributed by atoms with E-state index >= 15 is 0 Å². The number of nitrogens with two attached hydrogens (primary N) is 2. The summed E-state index contributed by atoms with van der Waals surface area (Å²) in [5.41, 5.74) is 14.4. The Balaban J connectivity index is 1.86.